The fourth-order valence-electron chi connectivity index (χ4n) is 3.90. The Morgan fingerprint density at radius 2 is 1.64 bits per heavy atom. The fraction of sp³-hybridized carbons (Fsp3) is 0.682. The van der Waals surface area contributed by atoms with Gasteiger partial charge in [-0.05, 0) is 87.8 Å². The van der Waals surface area contributed by atoms with Gasteiger partial charge in [0.2, 0.25) is 0 Å². The summed E-state index contributed by atoms with van der Waals surface area (Å²) in [5, 5.41) is 16.3. The van der Waals surface area contributed by atoms with Gasteiger partial charge >= 0.3 is 0 Å². The molecule has 0 aromatic heterocycles. The van der Waals surface area contributed by atoms with Crippen LogP contribution in [0.3, 0.4) is 0 Å². The number of aliphatic imine (C=N–C) groups is 1. The molecule has 0 spiro atoms. The van der Waals surface area contributed by atoms with Gasteiger partial charge in [0.1, 0.15) is 0 Å². The number of nitrogens with one attached hydrogen (secondary N) is 2. The Balaban J connectivity index is 0.00000392. The molecule has 1 aromatic rings. The molecule has 160 valence electrons. The third kappa shape index (κ3) is 5.83. The van der Waals surface area contributed by atoms with Crippen molar-refractivity contribution >= 4 is 29.9 Å². The molecule has 1 aliphatic rings. The second-order valence-corrected chi connectivity index (χ2v) is 7.93. The van der Waals surface area contributed by atoms with E-state index in [0.717, 1.165) is 38.5 Å². The number of hydrogen-bond acceptors (Lipinski definition) is 3. The maximum Gasteiger partial charge on any atom is 0.191 e. The SMILES string of the molecule is CCNC(=NCc1c(C)c(C)c(C)c(C)c1C)NCC1(CCO)CCOC1.I. The quantitative estimate of drug-likeness (QED) is 0.302. The van der Waals surface area contributed by atoms with Gasteiger partial charge in [-0.3, -0.25) is 0 Å². The smallest absolute Gasteiger partial charge is 0.191 e. The molecule has 28 heavy (non-hydrogen) atoms. The maximum atomic E-state index is 9.42. The van der Waals surface area contributed by atoms with Crippen LogP contribution in [0.2, 0.25) is 0 Å². The van der Waals surface area contributed by atoms with Crippen molar-refractivity contribution in [3.63, 3.8) is 0 Å². The van der Waals surface area contributed by atoms with E-state index >= 15 is 0 Å². The zero-order valence-corrected chi connectivity index (χ0v) is 20.7. The van der Waals surface area contributed by atoms with Crippen LogP contribution in [0.1, 0.15) is 53.1 Å². The zero-order chi connectivity index (χ0) is 20.0. The van der Waals surface area contributed by atoms with Crippen LogP contribution in [0.4, 0.5) is 0 Å². The topological polar surface area (TPSA) is 65.9 Å². The van der Waals surface area contributed by atoms with Gasteiger partial charge in [0.25, 0.3) is 0 Å². The average molecular weight is 503 g/mol. The summed E-state index contributed by atoms with van der Waals surface area (Å²) in [5.41, 5.74) is 8.13. The first-order chi connectivity index (χ1) is 12.8. The van der Waals surface area contributed by atoms with Crippen LogP contribution >= 0.6 is 24.0 Å². The lowest BCUT2D eigenvalue weighted by molar-refractivity contribution is 0.127. The summed E-state index contributed by atoms with van der Waals surface area (Å²) < 4.78 is 5.59. The van der Waals surface area contributed by atoms with E-state index in [1.165, 1.54) is 33.4 Å². The van der Waals surface area contributed by atoms with Gasteiger partial charge in [0.15, 0.2) is 5.96 Å². The second-order valence-electron chi connectivity index (χ2n) is 7.93. The molecule has 1 heterocycles. The Morgan fingerprint density at radius 1 is 1.04 bits per heavy atom. The first-order valence-corrected chi connectivity index (χ1v) is 10.1. The lowest BCUT2D eigenvalue weighted by atomic mass is 9.84. The van der Waals surface area contributed by atoms with E-state index in [2.05, 4.69) is 52.2 Å². The molecule has 0 aliphatic carbocycles. The summed E-state index contributed by atoms with van der Waals surface area (Å²) in [7, 11) is 0. The van der Waals surface area contributed by atoms with Gasteiger partial charge in [-0.25, -0.2) is 4.99 Å². The molecule has 1 aromatic carbocycles. The number of rotatable bonds is 7. The number of nitrogens with zero attached hydrogens (tertiary/aromatic N) is 1. The standard InChI is InChI=1S/C22H37N3O2.HI/c1-7-23-21(25-13-22(8-10-26)9-11-27-14-22)24-12-20-18(5)16(3)15(2)17(4)19(20)6;/h26H,7-14H2,1-6H3,(H2,23,24,25);1H. The summed E-state index contributed by atoms with van der Waals surface area (Å²) in [6.45, 7) is 17.0. The number of aliphatic hydroxyl groups is 1. The number of hydrogen-bond donors (Lipinski definition) is 3. The van der Waals surface area contributed by atoms with Crippen molar-refractivity contribution in [3.05, 3.63) is 33.4 Å². The molecule has 0 saturated carbocycles. The molecular weight excluding hydrogens is 465 g/mol. The molecule has 1 saturated heterocycles. The van der Waals surface area contributed by atoms with Gasteiger partial charge in [-0.15, -0.1) is 24.0 Å². The minimum Gasteiger partial charge on any atom is -0.396 e. The number of aliphatic hydroxyl groups excluding tert-OH is 1. The van der Waals surface area contributed by atoms with Crippen LogP contribution in [-0.4, -0.2) is 44.0 Å². The second kappa shape index (κ2) is 11.4. The Kier molecular flexibility index (Phi) is 10.2. The van der Waals surface area contributed by atoms with E-state index in [4.69, 9.17) is 9.73 Å². The van der Waals surface area contributed by atoms with Crippen molar-refractivity contribution in [3.8, 4) is 0 Å². The van der Waals surface area contributed by atoms with E-state index < -0.39 is 0 Å². The molecule has 0 amide bonds. The van der Waals surface area contributed by atoms with Crippen molar-refractivity contribution in [1.29, 1.82) is 0 Å². The third-order valence-corrected chi connectivity index (χ3v) is 6.35. The van der Waals surface area contributed by atoms with E-state index in [1.54, 1.807) is 0 Å². The monoisotopic (exact) mass is 503 g/mol. The van der Waals surface area contributed by atoms with E-state index in [9.17, 15) is 5.11 Å². The van der Waals surface area contributed by atoms with Crippen LogP contribution in [0.5, 0.6) is 0 Å². The largest absolute Gasteiger partial charge is 0.396 e. The molecule has 3 N–H and O–H groups in total. The van der Waals surface area contributed by atoms with Crippen molar-refractivity contribution in [2.75, 3.05) is 32.9 Å². The Morgan fingerprint density at radius 3 is 2.14 bits per heavy atom. The summed E-state index contributed by atoms with van der Waals surface area (Å²) in [5.74, 6) is 0.830. The van der Waals surface area contributed by atoms with E-state index in [0.29, 0.717) is 13.2 Å². The van der Waals surface area contributed by atoms with Gasteiger partial charge in [0.05, 0.1) is 13.2 Å². The van der Waals surface area contributed by atoms with Gasteiger partial charge in [-0.1, -0.05) is 0 Å². The van der Waals surface area contributed by atoms with Crippen molar-refractivity contribution in [1.82, 2.24) is 10.6 Å². The Bertz CT molecular complexity index is 654. The molecule has 5 nitrogen and oxygen atoms in total. The van der Waals surface area contributed by atoms with Crippen LogP contribution in [0, 0.1) is 40.0 Å². The highest BCUT2D eigenvalue weighted by Crippen LogP contribution is 2.31. The summed E-state index contributed by atoms with van der Waals surface area (Å²) >= 11 is 0. The third-order valence-electron chi connectivity index (χ3n) is 6.35. The number of ether oxygens (including phenoxy) is 1. The Labute approximate surface area is 187 Å². The highest BCUT2D eigenvalue weighted by molar-refractivity contribution is 14.0. The van der Waals surface area contributed by atoms with Crippen molar-refractivity contribution in [2.24, 2.45) is 10.4 Å². The first-order valence-electron chi connectivity index (χ1n) is 10.1. The highest BCUT2D eigenvalue weighted by Gasteiger charge is 2.34. The van der Waals surface area contributed by atoms with Crippen LogP contribution < -0.4 is 10.6 Å². The normalized spacial score (nSPS) is 19.5. The molecule has 0 radical (unpaired) electrons. The van der Waals surface area contributed by atoms with Crippen molar-refractivity contribution in [2.45, 2.75) is 60.9 Å². The highest BCUT2D eigenvalue weighted by atomic mass is 127. The molecule has 1 unspecified atom stereocenters. The fourth-order valence-corrected chi connectivity index (χ4v) is 3.90. The first kappa shape index (κ1) is 25.2. The van der Waals surface area contributed by atoms with E-state index in [1.807, 2.05) is 0 Å². The van der Waals surface area contributed by atoms with Crippen LogP contribution in [0.25, 0.3) is 0 Å². The molecule has 2 rings (SSSR count). The van der Waals surface area contributed by atoms with Gasteiger partial charge in [0, 0.05) is 31.7 Å². The van der Waals surface area contributed by atoms with Crippen LogP contribution in [-0.2, 0) is 11.3 Å². The zero-order valence-electron chi connectivity index (χ0n) is 18.4. The number of benzene rings is 1. The predicted molar refractivity (Wildman–Crippen MR) is 128 cm³/mol. The lowest BCUT2D eigenvalue weighted by Crippen LogP contribution is -2.44. The van der Waals surface area contributed by atoms with Crippen molar-refractivity contribution < 1.29 is 9.84 Å². The number of guanidine groups is 1. The summed E-state index contributed by atoms with van der Waals surface area (Å²) in [6.07, 6.45) is 1.74. The molecule has 6 heteroatoms. The predicted octanol–water partition coefficient (Wildman–Crippen LogP) is 3.69. The average Bonchev–Trinajstić information content (AvgIpc) is 3.12. The number of halogens is 1. The molecule has 0 bridgehead atoms. The minimum absolute atomic E-state index is 0. The van der Waals surface area contributed by atoms with Gasteiger partial charge in [-0.2, -0.15) is 0 Å². The van der Waals surface area contributed by atoms with Crippen LogP contribution in [0.15, 0.2) is 4.99 Å². The molecule has 1 atom stereocenters. The Hall–Kier alpha value is -0.860. The lowest BCUT2D eigenvalue weighted by Gasteiger charge is -2.27. The molecule has 1 fully saturated rings. The molecular formula is C22H38IN3O2. The summed E-state index contributed by atoms with van der Waals surface area (Å²) in [6, 6.07) is 0. The maximum absolute atomic E-state index is 9.42. The van der Waals surface area contributed by atoms with E-state index in [-0.39, 0.29) is 36.0 Å². The van der Waals surface area contributed by atoms with Gasteiger partial charge < -0.3 is 20.5 Å². The molecule has 1 aliphatic heterocycles. The summed E-state index contributed by atoms with van der Waals surface area (Å²) in [4.78, 5) is 4.86. The minimum atomic E-state index is 0.